The van der Waals surface area contributed by atoms with Gasteiger partial charge in [-0.15, -0.1) is 0 Å². The molecule has 0 aromatic carbocycles. The van der Waals surface area contributed by atoms with E-state index in [4.69, 9.17) is 5.84 Å². The summed E-state index contributed by atoms with van der Waals surface area (Å²) < 4.78 is 0. The van der Waals surface area contributed by atoms with Gasteiger partial charge in [0.15, 0.2) is 0 Å². The number of aromatic nitrogens is 2. The summed E-state index contributed by atoms with van der Waals surface area (Å²) in [4.78, 5) is 18.4. The van der Waals surface area contributed by atoms with E-state index >= 15 is 0 Å². The Balaban J connectivity index is 2.24. The van der Waals surface area contributed by atoms with E-state index in [0.717, 1.165) is 19.3 Å². The molecule has 0 spiro atoms. The first-order chi connectivity index (χ1) is 9.58. The first kappa shape index (κ1) is 14.4. The first-order valence-corrected chi connectivity index (χ1v) is 6.81. The van der Waals surface area contributed by atoms with Crippen LogP contribution in [0.3, 0.4) is 0 Å². The van der Waals surface area contributed by atoms with Gasteiger partial charge in [-0.25, -0.2) is 15.8 Å². The lowest BCUT2D eigenvalue weighted by atomic mass is 9.93. The van der Waals surface area contributed by atoms with Crippen molar-refractivity contribution >= 4 is 17.3 Å². The van der Waals surface area contributed by atoms with Crippen LogP contribution in [0.4, 0.5) is 17.3 Å². The number of nitrogens with one attached hydrogen (secondary N) is 2. The van der Waals surface area contributed by atoms with Crippen LogP contribution in [0, 0.1) is 22.0 Å². The molecule has 3 atom stereocenters. The number of nitrogen functional groups attached to an aromatic ring is 1. The average molecular weight is 280 g/mol. The second-order valence-electron chi connectivity index (χ2n) is 5.18. The van der Waals surface area contributed by atoms with E-state index in [0.29, 0.717) is 11.8 Å². The molecule has 8 nitrogen and oxygen atoms in total. The lowest BCUT2D eigenvalue weighted by molar-refractivity contribution is -0.383. The van der Waals surface area contributed by atoms with E-state index in [9.17, 15) is 10.1 Å². The predicted octanol–water partition coefficient (Wildman–Crippen LogP) is 1.91. The van der Waals surface area contributed by atoms with Crippen LogP contribution >= 0.6 is 0 Å². The summed E-state index contributed by atoms with van der Waals surface area (Å²) in [7, 11) is 0. The van der Waals surface area contributed by atoms with E-state index in [1.54, 1.807) is 0 Å². The maximum atomic E-state index is 11.2. The minimum absolute atomic E-state index is 0.0187. The van der Waals surface area contributed by atoms with E-state index < -0.39 is 4.92 Å². The van der Waals surface area contributed by atoms with Gasteiger partial charge < -0.3 is 10.7 Å². The third-order valence-electron chi connectivity index (χ3n) is 4.21. The molecule has 1 fully saturated rings. The van der Waals surface area contributed by atoms with Crippen molar-refractivity contribution in [2.45, 2.75) is 39.2 Å². The molecule has 110 valence electrons. The zero-order chi connectivity index (χ0) is 14.7. The Labute approximate surface area is 117 Å². The maximum Gasteiger partial charge on any atom is 0.354 e. The molecule has 8 heteroatoms. The van der Waals surface area contributed by atoms with Crippen molar-refractivity contribution < 1.29 is 4.92 Å². The molecule has 0 bridgehead atoms. The van der Waals surface area contributed by atoms with Gasteiger partial charge in [0, 0.05) is 6.04 Å². The van der Waals surface area contributed by atoms with Crippen LogP contribution in [0.15, 0.2) is 6.33 Å². The Kier molecular flexibility index (Phi) is 4.33. The molecular weight excluding hydrogens is 260 g/mol. The molecule has 0 aliphatic heterocycles. The second-order valence-corrected chi connectivity index (χ2v) is 5.18. The van der Waals surface area contributed by atoms with Crippen molar-refractivity contribution in [1.82, 2.24) is 9.97 Å². The Morgan fingerprint density at radius 2 is 2.15 bits per heavy atom. The fourth-order valence-electron chi connectivity index (χ4n) is 2.97. The van der Waals surface area contributed by atoms with Gasteiger partial charge in [0.2, 0.25) is 11.6 Å². The lowest BCUT2D eigenvalue weighted by Gasteiger charge is -2.21. The topological polar surface area (TPSA) is 119 Å². The monoisotopic (exact) mass is 280 g/mol. The predicted molar refractivity (Wildman–Crippen MR) is 76.1 cm³/mol. The summed E-state index contributed by atoms with van der Waals surface area (Å²) in [5.74, 6) is 6.63. The lowest BCUT2D eigenvalue weighted by Crippen LogP contribution is -2.26. The molecule has 1 heterocycles. The molecule has 1 aromatic rings. The maximum absolute atomic E-state index is 11.2. The first-order valence-electron chi connectivity index (χ1n) is 6.81. The van der Waals surface area contributed by atoms with Crippen LogP contribution in [0.5, 0.6) is 0 Å². The van der Waals surface area contributed by atoms with Crippen molar-refractivity contribution in [1.29, 1.82) is 0 Å². The Bertz CT molecular complexity index is 495. The van der Waals surface area contributed by atoms with Gasteiger partial charge in [-0.1, -0.05) is 20.3 Å². The average Bonchev–Trinajstić information content (AvgIpc) is 2.79. The Hall–Kier alpha value is -1.96. The van der Waals surface area contributed by atoms with Crippen LogP contribution in [0.25, 0.3) is 0 Å². The molecular formula is C12H20N6O2. The third-order valence-corrected chi connectivity index (χ3v) is 4.21. The standard InChI is InChI=1S/C12H20N6O2/c1-3-8-4-5-9(7(8)2)16-11-10(18(19)20)12(17-13)15-6-14-11/h6-9H,3-5,13H2,1-2H3,(H2,14,15,16,17). The largest absolute Gasteiger partial charge is 0.361 e. The molecule has 20 heavy (non-hydrogen) atoms. The molecule has 1 aliphatic carbocycles. The summed E-state index contributed by atoms with van der Waals surface area (Å²) in [5.41, 5.74) is 2.03. The molecule has 1 aliphatic rings. The van der Waals surface area contributed by atoms with Gasteiger partial charge in [0.05, 0.1) is 4.92 Å². The van der Waals surface area contributed by atoms with Crippen LogP contribution < -0.4 is 16.6 Å². The summed E-state index contributed by atoms with van der Waals surface area (Å²) in [6.07, 6.45) is 4.52. The van der Waals surface area contributed by atoms with Crippen molar-refractivity contribution in [3.05, 3.63) is 16.4 Å². The van der Waals surface area contributed by atoms with E-state index in [2.05, 4.69) is 34.6 Å². The van der Waals surface area contributed by atoms with E-state index in [1.807, 2.05) is 0 Å². The second kappa shape index (κ2) is 6.00. The van der Waals surface area contributed by atoms with Gasteiger partial charge in [0.25, 0.3) is 0 Å². The number of hydrazine groups is 1. The number of nitro groups is 1. The number of hydrogen-bond donors (Lipinski definition) is 3. The molecule has 1 saturated carbocycles. The molecule has 3 unspecified atom stereocenters. The number of rotatable bonds is 5. The van der Waals surface area contributed by atoms with Crippen molar-refractivity contribution in [3.63, 3.8) is 0 Å². The minimum Gasteiger partial charge on any atom is -0.361 e. The summed E-state index contributed by atoms with van der Waals surface area (Å²) in [6.45, 7) is 4.35. The summed E-state index contributed by atoms with van der Waals surface area (Å²) in [6, 6.07) is 0.194. The number of nitrogens with two attached hydrogens (primary N) is 1. The quantitative estimate of drug-likeness (QED) is 0.428. The fraction of sp³-hybridized carbons (Fsp3) is 0.667. The van der Waals surface area contributed by atoms with Crippen LogP contribution in [0.2, 0.25) is 0 Å². The van der Waals surface area contributed by atoms with Crippen molar-refractivity contribution in [2.75, 3.05) is 10.7 Å². The highest BCUT2D eigenvalue weighted by molar-refractivity contribution is 5.69. The van der Waals surface area contributed by atoms with E-state index in [-0.39, 0.29) is 23.4 Å². The van der Waals surface area contributed by atoms with Crippen LogP contribution in [-0.4, -0.2) is 20.9 Å². The smallest absolute Gasteiger partial charge is 0.354 e. The highest BCUT2D eigenvalue weighted by Gasteiger charge is 2.33. The van der Waals surface area contributed by atoms with Gasteiger partial charge in [-0.2, -0.15) is 0 Å². The van der Waals surface area contributed by atoms with Crippen LogP contribution in [0.1, 0.15) is 33.1 Å². The van der Waals surface area contributed by atoms with E-state index in [1.165, 1.54) is 6.33 Å². The van der Waals surface area contributed by atoms with Crippen molar-refractivity contribution in [3.8, 4) is 0 Å². The third kappa shape index (κ3) is 2.64. The number of nitrogens with zero attached hydrogens (tertiary/aromatic N) is 3. The highest BCUT2D eigenvalue weighted by Crippen LogP contribution is 2.37. The highest BCUT2D eigenvalue weighted by atomic mass is 16.6. The zero-order valence-electron chi connectivity index (χ0n) is 11.7. The Morgan fingerprint density at radius 3 is 2.70 bits per heavy atom. The molecule has 0 saturated heterocycles. The SMILES string of the molecule is CCC1CCC(Nc2ncnc(NN)c2[N+](=O)[O-])C1C. The zero-order valence-corrected chi connectivity index (χ0v) is 11.7. The van der Waals surface area contributed by atoms with Gasteiger partial charge in [-0.05, 0) is 24.7 Å². The van der Waals surface area contributed by atoms with Gasteiger partial charge >= 0.3 is 5.69 Å². The summed E-state index contributed by atoms with van der Waals surface area (Å²) >= 11 is 0. The molecule has 4 N–H and O–H groups in total. The van der Waals surface area contributed by atoms with Gasteiger partial charge in [0.1, 0.15) is 6.33 Å². The molecule has 2 rings (SSSR count). The van der Waals surface area contributed by atoms with Gasteiger partial charge in [-0.3, -0.25) is 10.1 Å². The Morgan fingerprint density at radius 1 is 1.45 bits per heavy atom. The number of hydrogen-bond acceptors (Lipinski definition) is 7. The molecule has 0 amide bonds. The van der Waals surface area contributed by atoms with Crippen molar-refractivity contribution in [2.24, 2.45) is 17.7 Å². The fourth-order valence-corrected chi connectivity index (χ4v) is 2.97. The molecule has 0 radical (unpaired) electrons. The normalized spacial score (nSPS) is 25.4. The minimum atomic E-state index is -0.519. The number of anilines is 2. The molecule has 1 aromatic heterocycles. The summed E-state index contributed by atoms with van der Waals surface area (Å²) in [5, 5.41) is 14.4. The van der Waals surface area contributed by atoms with Crippen LogP contribution in [-0.2, 0) is 0 Å².